The molecule has 2 atom stereocenters. The van der Waals surface area contributed by atoms with Crippen LogP contribution in [0.4, 0.5) is 19.0 Å². The normalized spacial score (nSPS) is 17.8. The van der Waals surface area contributed by atoms with E-state index in [4.69, 9.17) is 0 Å². The number of carbonyl (C=O) groups excluding carboxylic acids is 2. The number of aliphatic hydroxyl groups excluding tert-OH is 1. The number of fused-ring (bicyclic) bond motifs is 1. The molecule has 0 bridgehead atoms. The van der Waals surface area contributed by atoms with E-state index < -0.39 is 41.7 Å². The van der Waals surface area contributed by atoms with Crippen molar-refractivity contribution in [3.05, 3.63) is 82.8 Å². The largest absolute Gasteiger partial charge is 0.394 e. The van der Waals surface area contributed by atoms with Gasteiger partial charge in [0.2, 0.25) is 5.91 Å². The standard InChI is InChI=1S/C29H29F3N4O3/c1-16-4-3-5-19(10-16)23(15-37)35-27(38)17(2)36-14-20-6-7-22(26(30)25(20)28(36)39)18-8-9-33-24(11-18)34-21-12-29(31,32)13-21/h3-11,17,21,23,37H,12-15H2,1-2H3,(H,33,34)(H,35,38)/t17-,23-/m1/s1. The van der Waals surface area contributed by atoms with Crippen LogP contribution in [0.1, 0.15) is 52.9 Å². The molecular formula is C29H29F3N4O3. The highest BCUT2D eigenvalue weighted by molar-refractivity contribution is 6.02. The lowest BCUT2D eigenvalue weighted by Crippen LogP contribution is -2.46. The average molecular weight is 539 g/mol. The van der Waals surface area contributed by atoms with Crippen molar-refractivity contribution in [3.63, 3.8) is 0 Å². The molecule has 3 aromatic rings. The zero-order valence-corrected chi connectivity index (χ0v) is 21.5. The van der Waals surface area contributed by atoms with Gasteiger partial charge < -0.3 is 20.6 Å². The molecule has 2 heterocycles. The maximum atomic E-state index is 15.7. The van der Waals surface area contributed by atoms with Crippen LogP contribution >= 0.6 is 0 Å². The third-order valence-electron chi connectivity index (χ3n) is 7.35. The van der Waals surface area contributed by atoms with Gasteiger partial charge in [-0.2, -0.15) is 0 Å². The number of carbonyl (C=O) groups is 2. The number of pyridine rings is 1. The van der Waals surface area contributed by atoms with Gasteiger partial charge >= 0.3 is 0 Å². The van der Waals surface area contributed by atoms with E-state index in [1.807, 2.05) is 25.1 Å². The van der Waals surface area contributed by atoms with Gasteiger partial charge in [-0.3, -0.25) is 9.59 Å². The first-order chi connectivity index (χ1) is 18.6. The summed E-state index contributed by atoms with van der Waals surface area (Å²) in [5, 5.41) is 15.6. The first kappa shape index (κ1) is 26.7. The molecule has 1 aliphatic heterocycles. The third kappa shape index (κ3) is 5.34. The SMILES string of the molecule is Cc1cccc([C@@H](CO)NC(=O)[C@@H](C)N2Cc3ccc(-c4ccnc(NC5CC(F)(F)C5)c4)c(F)c3C2=O)c1. The lowest BCUT2D eigenvalue weighted by Gasteiger charge is -2.35. The Bertz CT molecular complexity index is 1420. The summed E-state index contributed by atoms with van der Waals surface area (Å²) in [6.07, 6.45) is 0.881. The monoisotopic (exact) mass is 538 g/mol. The Hall–Kier alpha value is -3.92. The number of benzene rings is 2. The van der Waals surface area contributed by atoms with Crippen molar-refractivity contribution in [2.75, 3.05) is 11.9 Å². The summed E-state index contributed by atoms with van der Waals surface area (Å²) < 4.78 is 42.1. The summed E-state index contributed by atoms with van der Waals surface area (Å²) in [4.78, 5) is 31.8. The highest BCUT2D eigenvalue weighted by Crippen LogP contribution is 2.39. The smallest absolute Gasteiger partial charge is 0.258 e. The summed E-state index contributed by atoms with van der Waals surface area (Å²) in [6.45, 7) is 3.21. The molecule has 0 unspecified atom stereocenters. The van der Waals surface area contributed by atoms with Crippen LogP contribution in [0.25, 0.3) is 11.1 Å². The lowest BCUT2D eigenvalue weighted by molar-refractivity contribution is -0.126. The number of rotatable bonds is 8. The van der Waals surface area contributed by atoms with E-state index in [1.54, 1.807) is 37.3 Å². The molecule has 1 aromatic heterocycles. The average Bonchev–Trinajstić information content (AvgIpc) is 3.23. The molecule has 39 heavy (non-hydrogen) atoms. The summed E-state index contributed by atoms with van der Waals surface area (Å²) >= 11 is 0. The van der Waals surface area contributed by atoms with Crippen LogP contribution in [-0.4, -0.2) is 51.4 Å². The highest BCUT2D eigenvalue weighted by Gasteiger charge is 2.45. The number of hydrogen-bond donors (Lipinski definition) is 3. The molecule has 2 aromatic carbocycles. The molecule has 1 saturated carbocycles. The first-order valence-electron chi connectivity index (χ1n) is 12.8. The van der Waals surface area contributed by atoms with Crippen LogP contribution in [-0.2, 0) is 11.3 Å². The second kappa shape index (κ2) is 10.3. The van der Waals surface area contributed by atoms with Crippen molar-refractivity contribution < 1.29 is 27.9 Å². The number of nitrogens with zero attached hydrogens (tertiary/aromatic N) is 2. The van der Waals surface area contributed by atoms with Crippen molar-refractivity contribution in [2.24, 2.45) is 0 Å². The molecule has 0 radical (unpaired) electrons. The topological polar surface area (TPSA) is 94.6 Å². The van der Waals surface area contributed by atoms with Crippen LogP contribution in [0.2, 0.25) is 0 Å². The minimum atomic E-state index is -2.68. The van der Waals surface area contributed by atoms with E-state index in [9.17, 15) is 23.5 Å². The first-order valence-corrected chi connectivity index (χ1v) is 12.8. The van der Waals surface area contributed by atoms with Gasteiger partial charge in [-0.25, -0.2) is 18.2 Å². The van der Waals surface area contributed by atoms with E-state index in [0.29, 0.717) is 16.9 Å². The van der Waals surface area contributed by atoms with Gasteiger partial charge in [0, 0.05) is 37.2 Å². The minimum absolute atomic E-state index is 0.0627. The molecule has 0 spiro atoms. The van der Waals surface area contributed by atoms with Crippen molar-refractivity contribution >= 4 is 17.6 Å². The number of aromatic nitrogens is 1. The second-order valence-corrected chi connectivity index (χ2v) is 10.3. The van der Waals surface area contributed by atoms with Crippen LogP contribution in [0, 0.1) is 12.7 Å². The molecule has 10 heteroatoms. The van der Waals surface area contributed by atoms with E-state index in [-0.39, 0.29) is 37.1 Å². The molecule has 2 aliphatic rings. The lowest BCUT2D eigenvalue weighted by atomic mass is 9.88. The van der Waals surface area contributed by atoms with Gasteiger partial charge in [-0.15, -0.1) is 0 Å². The molecule has 3 N–H and O–H groups in total. The minimum Gasteiger partial charge on any atom is -0.394 e. The zero-order chi connectivity index (χ0) is 27.9. The summed E-state index contributed by atoms with van der Waals surface area (Å²) in [5.41, 5.74) is 2.69. The Morgan fingerprint density at radius 3 is 2.67 bits per heavy atom. The number of amides is 2. The Morgan fingerprint density at radius 1 is 1.21 bits per heavy atom. The summed E-state index contributed by atoms with van der Waals surface area (Å²) in [7, 11) is 0. The van der Waals surface area contributed by atoms with Crippen LogP contribution in [0.15, 0.2) is 54.7 Å². The molecule has 7 nitrogen and oxygen atoms in total. The van der Waals surface area contributed by atoms with Crippen molar-refractivity contribution in [2.45, 2.75) is 57.3 Å². The summed E-state index contributed by atoms with van der Waals surface area (Å²) in [5.74, 6) is -4.12. The summed E-state index contributed by atoms with van der Waals surface area (Å²) in [6, 6.07) is 11.8. The zero-order valence-electron chi connectivity index (χ0n) is 21.5. The van der Waals surface area contributed by atoms with Crippen molar-refractivity contribution in [1.82, 2.24) is 15.2 Å². The molecule has 2 amide bonds. The number of alkyl halides is 2. The second-order valence-electron chi connectivity index (χ2n) is 10.3. The Balaban J connectivity index is 1.32. The number of aliphatic hydroxyl groups is 1. The van der Waals surface area contributed by atoms with Crippen molar-refractivity contribution in [1.29, 1.82) is 0 Å². The van der Waals surface area contributed by atoms with E-state index >= 15 is 4.39 Å². The van der Waals surface area contributed by atoms with Crippen LogP contribution < -0.4 is 10.6 Å². The Labute approximate surface area is 224 Å². The van der Waals surface area contributed by atoms with Gasteiger partial charge in [0.1, 0.15) is 17.7 Å². The third-order valence-corrected chi connectivity index (χ3v) is 7.35. The Kier molecular flexibility index (Phi) is 7.07. The molecule has 0 saturated heterocycles. The fourth-order valence-electron chi connectivity index (χ4n) is 5.12. The Morgan fingerprint density at radius 2 is 1.97 bits per heavy atom. The maximum Gasteiger partial charge on any atom is 0.258 e. The van der Waals surface area contributed by atoms with Crippen LogP contribution in [0.3, 0.4) is 0 Å². The van der Waals surface area contributed by atoms with Crippen molar-refractivity contribution in [3.8, 4) is 11.1 Å². The number of hydrogen-bond acceptors (Lipinski definition) is 5. The predicted molar refractivity (Wildman–Crippen MR) is 140 cm³/mol. The fraction of sp³-hybridized carbons (Fsp3) is 0.345. The van der Waals surface area contributed by atoms with Gasteiger partial charge in [0.15, 0.2) is 0 Å². The number of aryl methyl sites for hydroxylation is 1. The van der Waals surface area contributed by atoms with Gasteiger partial charge in [-0.05, 0) is 42.7 Å². The molecule has 5 rings (SSSR count). The number of anilines is 1. The van der Waals surface area contributed by atoms with E-state index in [2.05, 4.69) is 15.6 Å². The molecule has 1 fully saturated rings. The highest BCUT2D eigenvalue weighted by atomic mass is 19.3. The quantitative estimate of drug-likeness (QED) is 0.390. The van der Waals surface area contributed by atoms with Gasteiger partial charge in [-0.1, -0.05) is 42.0 Å². The number of nitrogens with one attached hydrogen (secondary N) is 2. The molecular weight excluding hydrogens is 509 g/mol. The fourth-order valence-corrected chi connectivity index (χ4v) is 5.12. The van der Waals surface area contributed by atoms with E-state index in [1.165, 1.54) is 11.1 Å². The van der Waals surface area contributed by atoms with E-state index in [0.717, 1.165) is 11.1 Å². The van der Waals surface area contributed by atoms with Gasteiger partial charge in [0.25, 0.3) is 11.8 Å². The predicted octanol–water partition coefficient (Wildman–Crippen LogP) is 4.60. The molecule has 1 aliphatic carbocycles. The molecule has 204 valence electrons. The number of halogens is 3. The maximum absolute atomic E-state index is 15.7. The van der Waals surface area contributed by atoms with Crippen LogP contribution in [0.5, 0.6) is 0 Å². The van der Waals surface area contributed by atoms with Gasteiger partial charge in [0.05, 0.1) is 18.2 Å².